The predicted molar refractivity (Wildman–Crippen MR) is 148 cm³/mol. The standard InChI is InChI=1S/C29H36O16/c1-12-22(37)23(38)24(39)28(42-12)45-27-25(40)26(44-21(36)7-3-13-2-5-15(31)17(33)8-13)20(10-30)43-29(27)41-11-19(35)14-4-6-16(32)18(34)9-14/h2-9,12,19-20,22-35,37-40H,10-11H2,1H3/b7-3-/t12-,19-,20+,22-,23+,24+,25-,26+,27+,28+,29+/m0/s1. The topological polar surface area (TPSA) is 266 Å². The molecule has 10 N–H and O–H groups in total. The molecule has 0 unspecified atom stereocenters. The zero-order valence-corrected chi connectivity index (χ0v) is 23.8. The molecule has 0 aromatic heterocycles. The number of aliphatic hydroxyl groups excluding tert-OH is 6. The first kappa shape index (κ1) is 34.3. The summed E-state index contributed by atoms with van der Waals surface area (Å²) in [5, 5.41) is 101. The first-order chi connectivity index (χ1) is 21.3. The zero-order chi connectivity index (χ0) is 33.0. The Morgan fingerprint density at radius 2 is 1.51 bits per heavy atom. The van der Waals surface area contributed by atoms with Crippen LogP contribution in [0.3, 0.4) is 0 Å². The molecule has 0 amide bonds. The molecule has 11 atom stereocenters. The van der Waals surface area contributed by atoms with Crippen molar-refractivity contribution < 1.29 is 79.5 Å². The molecule has 16 nitrogen and oxygen atoms in total. The lowest BCUT2D eigenvalue weighted by atomic mass is 9.97. The first-order valence-electron chi connectivity index (χ1n) is 13.8. The first-order valence-corrected chi connectivity index (χ1v) is 13.8. The number of phenolic OH excluding ortho intramolecular Hbond substituents is 4. The Labute approximate surface area is 256 Å². The van der Waals surface area contributed by atoms with Crippen LogP contribution in [0.25, 0.3) is 6.08 Å². The highest BCUT2D eigenvalue weighted by molar-refractivity contribution is 5.87. The van der Waals surface area contributed by atoms with E-state index in [1.165, 1.54) is 37.3 Å². The van der Waals surface area contributed by atoms with Crippen LogP contribution in [0, 0.1) is 0 Å². The lowest BCUT2D eigenvalue weighted by Crippen LogP contribution is -2.64. The Kier molecular flexibility index (Phi) is 11.2. The Bertz CT molecular complexity index is 1340. The average Bonchev–Trinajstić information content (AvgIpc) is 3.01. The molecule has 0 bridgehead atoms. The molecule has 2 aliphatic rings. The number of aliphatic hydroxyl groups is 6. The molecule has 2 saturated heterocycles. The molecule has 0 spiro atoms. The van der Waals surface area contributed by atoms with Gasteiger partial charge in [-0.1, -0.05) is 12.1 Å². The van der Waals surface area contributed by atoms with Crippen molar-refractivity contribution in [3.63, 3.8) is 0 Å². The highest BCUT2D eigenvalue weighted by Crippen LogP contribution is 2.33. The van der Waals surface area contributed by atoms with Crippen LogP contribution in [0.1, 0.15) is 24.2 Å². The van der Waals surface area contributed by atoms with Crippen LogP contribution in [0.2, 0.25) is 0 Å². The van der Waals surface area contributed by atoms with Crippen molar-refractivity contribution in [3.8, 4) is 23.0 Å². The van der Waals surface area contributed by atoms with E-state index in [2.05, 4.69) is 0 Å². The Hall–Kier alpha value is -3.55. The lowest BCUT2D eigenvalue weighted by Gasteiger charge is -2.46. The van der Waals surface area contributed by atoms with Gasteiger partial charge in [0, 0.05) is 6.08 Å². The van der Waals surface area contributed by atoms with Crippen LogP contribution in [-0.2, 0) is 28.5 Å². The fourth-order valence-corrected chi connectivity index (χ4v) is 4.76. The van der Waals surface area contributed by atoms with Gasteiger partial charge in [0.15, 0.2) is 41.7 Å². The molecule has 2 aromatic carbocycles. The number of rotatable bonds is 10. The Balaban J connectivity index is 1.54. The summed E-state index contributed by atoms with van der Waals surface area (Å²) in [6, 6.07) is 7.32. The van der Waals surface area contributed by atoms with Crippen molar-refractivity contribution >= 4 is 12.0 Å². The number of benzene rings is 2. The molecule has 2 heterocycles. The molecule has 2 aliphatic heterocycles. The van der Waals surface area contributed by atoms with Gasteiger partial charge in [0.05, 0.1) is 19.3 Å². The molecule has 0 aliphatic carbocycles. The van der Waals surface area contributed by atoms with E-state index in [9.17, 15) is 55.9 Å². The van der Waals surface area contributed by atoms with E-state index in [-0.39, 0.29) is 11.3 Å². The third-order valence-electron chi connectivity index (χ3n) is 7.36. The monoisotopic (exact) mass is 640 g/mol. The van der Waals surface area contributed by atoms with Crippen molar-refractivity contribution in [1.82, 2.24) is 0 Å². The molecule has 0 radical (unpaired) electrons. The number of aromatic hydroxyl groups is 4. The van der Waals surface area contributed by atoms with Gasteiger partial charge in [-0.3, -0.25) is 0 Å². The molecule has 0 saturated carbocycles. The van der Waals surface area contributed by atoms with E-state index in [0.29, 0.717) is 5.56 Å². The molecule has 2 fully saturated rings. The summed E-state index contributed by atoms with van der Waals surface area (Å²) in [4.78, 5) is 12.7. The minimum absolute atomic E-state index is 0.135. The summed E-state index contributed by atoms with van der Waals surface area (Å²) in [5.41, 5.74) is 0.449. The van der Waals surface area contributed by atoms with Crippen LogP contribution < -0.4 is 0 Å². The van der Waals surface area contributed by atoms with Crippen LogP contribution in [0.15, 0.2) is 42.5 Å². The van der Waals surface area contributed by atoms with Crippen LogP contribution in [0.5, 0.6) is 23.0 Å². The molecular weight excluding hydrogens is 604 g/mol. The maximum Gasteiger partial charge on any atom is 0.331 e. The van der Waals surface area contributed by atoms with E-state index in [4.69, 9.17) is 23.7 Å². The van der Waals surface area contributed by atoms with E-state index in [0.717, 1.165) is 18.2 Å². The molecule has 45 heavy (non-hydrogen) atoms. The van der Waals surface area contributed by atoms with Gasteiger partial charge in [0.25, 0.3) is 0 Å². The summed E-state index contributed by atoms with van der Waals surface area (Å²) in [7, 11) is 0. The van der Waals surface area contributed by atoms with Gasteiger partial charge >= 0.3 is 5.97 Å². The van der Waals surface area contributed by atoms with Gasteiger partial charge in [-0.05, 0) is 48.4 Å². The number of esters is 1. The molecule has 16 heteroatoms. The fraction of sp³-hybridized carbons (Fsp3) is 0.483. The van der Waals surface area contributed by atoms with Gasteiger partial charge in [0.1, 0.15) is 42.7 Å². The van der Waals surface area contributed by atoms with E-state index in [1.54, 1.807) is 0 Å². The number of ether oxygens (including phenoxy) is 5. The maximum atomic E-state index is 12.7. The number of phenols is 4. The summed E-state index contributed by atoms with van der Waals surface area (Å²) in [6.45, 7) is 0.0575. The fourth-order valence-electron chi connectivity index (χ4n) is 4.76. The van der Waals surface area contributed by atoms with E-state index < -0.39 is 104 Å². The Morgan fingerprint density at radius 1 is 0.844 bits per heavy atom. The van der Waals surface area contributed by atoms with Crippen molar-refractivity contribution in [2.45, 2.75) is 74.4 Å². The smallest absolute Gasteiger partial charge is 0.331 e. The van der Waals surface area contributed by atoms with Gasteiger partial charge in [-0.15, -0.1) is 0 Å². The minimum Gasteiger partial charge on any atom is -0.504 e. The average molecular weight is 641 g/mol. The molecular formula is C29H36O16. The van der Waals surface area contributed by atoms with Gasteiger partial charge < -0.3 is 74.7 Å². The SMILES string of the molecule is C[C@@H]1O[C@H](O[C@H]2[C@H](OC[C@H](O)c3ccc(O)c(O)c3)O[C@H](CO)[C@@H](OC(=O)/C=C\c3ccc(O)c(O)c3)[C@@H]2O)[C@H](O)[C@H](O)[C@H]1O. The number of hydrogen-bond acceptors (Lipinski definition) is 16. The maximum absolute atomic E-state index is 12.7. The van der Waals surface area contributed by atoms with Gasteiger partial charge in [-0.25, -0.2) is 4.79 Å². The number of carbonyl (C=O) groups is 1. The van der Waals surface area contributed by atoms with Crippen LogP contribution in [-0.4, -0.2) is 132 Å². The second-order valence-electron chi connectivity index (χ2n) is 10.6. The highest BCUT2D eigenvalue weighted by atomic mass is 16.8. The van der Waals surface area contributed by atoms with Crippen LogP contribution in [0.4, 0.5) is 0 Å². The third kappa shape index (κ3) is 8.00. The van der Waals surface area contributed by atoms with Gasteiger partial charge in [-0.2, -0.15) is 0 Å². The predicted octanol–water partition coefficient (Wildman–Crippen LogP) is -1.53. The van der Waals surface area contributed by atoms with E-state index >= 15 is 0 Å². The third-order valence-corrected chi connectivity index (χ3v) is 7.36. The summed E-state index contributed by atoms with van der Waals surface area (Å²) in [5.74, 6) is -2.75. The van der Waals surface area contributed by atoms with Crippen molar-refractivity contribution in [2.75, 3.05) is 13.2 Å². The number of hydrogen-bond donors (Lipinski definition) is 10. The summed E-state index contributed by atoms with van der Waals surface area (Å²) < 4.78 is 28.0. The Morgan fingerprint density at radius 3 is 2.16 bits per heavy atom. The minimum atomic E-state index is -1.83. The van der Waals surface area contributed by atoms with Crippen molar-refractivity contribution in [3.05, 3.63) is 53.6 Å². The van der Waals surface area contributed by atoms with Gasteiger partial charge in [0.2, 0.25) is 0 Å². The normalized spacial score (nSPS) is 32.8. The summed E-state index contributed by atoms with van der Waals surface area (Å²) >= 11 is 0. The lowest BCUT2D eigenvalue weighted by molar-refractivity contribution is -0.366. The zero-order valence-electron chi connectivity index (χ0n) is 23.8. The second kappa shape index (κ2) is 14.7. The molecule has 248 valence electrons. The molecule has 4 rings (SSSR count). The second-order valence-corrected chi connectivity index (χ2v) is 10.6. The molecule has 2 aromatic rings. The van der Waals surface area contributed by atoms with E-state index in [1.807, 2.05) is 0 Å². The summed E-state index contributed by atoms with van der Waals surface area (Å²) in [6.07, 6.45) is -15.0. The number of carbonyl (C=O) groups excluding carboxylic acids is 1. The quantitative estimate of drug-likeness (QED) is 0.0802. The largest absolute Gasteiger partial charge is 0.504 e. The van der Waals surface area contributed by atoms with Crippen molar-refractivity contribution in [2.24, 2.45) is 0 Å². The highest BCUT2D eigenvalue weighted by Gasteiger charge is 2.52. The van der Waals surface area contributed by atoms with Crippen LogP contribution >= 0.6 is 0 Å². The van der Waals surface area contributed by atoms with Crippen molar-refractivity contribution in [1.29, 1.82) is 0 Å².